The van der Waals surface area contributed by atoms with Gasteiger partial charge in [0.25, 0.3) is 5.97 Å². The highest BCUT2D eigenvalue weighted by Crippen LogP contribution is 1.87. The van der Waals surface area contributed by atoms with Crippen molar-refractivity contribution in [2.75, 3.05) is 19.6 Å². The largest absolute Gasteiger partial charge is 0.481 e. The highest BCUT2D eigenvalue weighted by molar-refractivity contribution is 5.75. The van der Waals surface area contributed by atoms with E-state index in [9.17, 15) is 14.4 Å². The fourth-order valence-corrected chi connectivity index (χ4v) is 0.742. The number of carboxylic acids is 4. The molecule has 0 fully saturated rings. The molecule has 0 aliphatic carbocycles. The van der Waals surface area contributed by atoms with E-state index in [2.05, 4.69) is 0 Å². The summed E-state index contributed by atoms with van der Waals surface area (Å²) < 4.78 is 0. The quantitative estimate of drug-likeness (QED) is 0.447. The van der Waals surface area contributed by atoms with Crippen molar-refractivity contribution in [2.45, 2.75) is 6.92 Å². The van der Waals surface area contributed by atoms with E-state index in [1.165, 1.54) is 0 Å². The average molecular weight is 251 g/mol. The first-order valence-electron chi connectivity index (χ1n) is 4.22. The zero-order valence-electron chi connectivity index (χ0n) is 8.99. The lowest BCUT2D eigenvalue weighted by molar-refractivity contribution is -0.145. The Bertz CT molecular complexity index is 258. The molecule has 0 amide bonds. The minimum atomic E-state index is -1.26. The van der Waals surface area contributed by atoms with Crippen LogP contribution in [0, 0.1) is 0 Å². The normalized spacial score (nSPS) is 9.06. The minimum Gasteiger partial charge on any atom is -0.481 e. The molecule has 0 radical (unpaired) electrons. The van der Waals surface area contributed by atoms with Gasteiger partial charge < -0.3 is 20.4 Å². The Morgan fingerprint density at radius 1 is 0.765 bits per heavy atom. The second-order valence-corrected chi connectivity index (χ2v) is 2.85. The SMILES string of the molecule is CC(=O)O.O=C(O)CN(CC(=O)O)CC(=O)O. The number of hydrogen-bond donors (Lipinski definition) is 4. The first-order chi connectivity index (χ1) is 7.65. The van der Waals surface area contributed by atoms with Crippen LogP contribution >= 0.6 is 0 Å². The summed E-state index contributed by atoms with van der Waals surface area (Å²) in [6, 6.07) is 0. The summed E-state index contributed by atoms with van der Waals surface area (Å²) in [5, 5.41) is 32.3. The van der Waals surface area contributed by atoms with E-state index in [-0.39, 0.29) is 0 Å². The first kappa shape index (κ1) is 17.2. The molecule has 0 aromatic heterocycles. The summed E-state index contributed by atoms with van der Waals surface area (Å²) >= 11 is 0. The molecule has 9 nitrogen and oxygen atoms in total. The Kier molecular flexibility index (Phi) is 9.22. The van der Waals surface area contributed by atoms with Crippen LogP contribution < -0.4 is 0 Å². The predicted molar refractivity (Wildman–Crippen MR) is 52.7 cm³/mol. The van der Waals surface area contributed by atoms with Gasteiger partial charge >= 0.3 is 17.9 Å². The molecule has 0 atom stereocenters. The van der Waals surface area contributed by atoms with Gasteiger partial charge in [0.05, 0.1) is 19.6 Å². The van der Waals surface area contributed by atoms with Crippen molar-refractivity contribution in [3.05, 3.63) is 0 Å². The molecular formula is C8H13NO8. The van der Waals surface area contributed by atoms with Gasteiger partial charge in [0, 0.05) is 6.92 Å². The Morgan fingerprint density at radius 3 is 1.06 bits per heavy atom. The van der Waals surface area contributed by atoms with Crippen molar-refractivity contribution in [2.24, 2.45) is 0 Å². The maximum atomic E-state index is 10.1. The molecule has 0 spiro atoms. The van der Waals surface area contributed by atoms with Gasteiger partial charge in [0.15, 0.2) is 0 Å². The minimum absolute atomic E-state index is 0.599. The van der Waals surface area contributed by atoms with Gasteiger partial charge in [-0.2, -0.15) is 0 Å². The highest BCUT2D eigenvalue weighted by Gasteiger charge is 2.15. The molecule has 0 aromatic rings. The molecule has 0 unspecified atom stereocenters. The van der Waals surface area contributed by atoms with Crippen LogP contribution in [0.3, 0.4) is 0 Å². The second kappa shape index (κ2) is 9.09. The van der Waals surface area contributed by atoms with E-state index in [4.69, 9.17) is 25.2 Å². The number of carboxylic acid groups (broad SMARTS) is 4. The number of carbonyl (C=O) groups is 4. The third-order valence-corrected chi connectivity index (χ3v) is 1.08. The third-order valence-electron chi connectivity index (χ3n) is 1.08. The first-order valence-corrected chi connectivity index (χ1v) is 4.22. The van der Waals surface area contributed by atoms with Crippen LogP contribution in [0.2, 0.25) is 0 Å². The smallest absolute Gasteiger partial charge is 0.317 e. The van der Waals surface area contributed by atoms with Gasteiger partial charge in [-0.05, 0) is 0 Å². The van der Waals surface area contributed by atoms with Gasteiger partial charge in [0.2, 0.25) is 0 Å². The molecule has 0 saturated carbocycles. The van der Waals surface area contributed by atoms with Crippen molar-refractivity contribution in [1.29, 1.82) is 0 Å². The Morgan fingerprint density at radius 2 is 0.941 bits per heavy atom. The zero-order chi connectivity index (χ0) is 14.0. The summed E-state index contributed by atoms with van der Waals surface area (Å²) in [6.07, 6.45) is 0. The van der Waals surface area contributed by atoms with Crippen LogP contribution in [0.1, 0.15) is 6.92 Å². The fourth-order valence-electron chi connectivity index (χ4n) is 0.742. The second-order valence-electron chi connectivity index (χ2n) is 2.85. The predicted octanol–water partition coefficient (Wildman–Crippen LogP) is -1.37. The van der Waals surface area contributed by atoms with E-state index < -0.39 is 43.5 Å². The van der Waals surface area contributed by atoms with Crippen LogP contribution in [0.5, 0.6) is 0 Å². The van der Waals surface area contributed by atoms with E-state index in [1.807, 2.05) is 0 Å². The van der Waals surface area contributed by atoms with Crippen molar-refractivity contribution in [3.63, 3.8) is 0 Å². The molecule has 0 heterocycles. The molecule has 0 aromatic carbocycles. The lowest BCUT2D eigenvalue weighted by Gasteiger charge is -2.14. The van der Waals surface area contributed by atoms with E-state index in [1.54, 1.807) is 0 Å². The lowest BCUT2D eigenvalue weighted by Crippen LogP contribution is -2.38. The molecule has 98 valence electrons. The molecule has 0 rings (SSSR count). The van der Waals surface area contributed by atoms with Crippen molar-refractivity contribution in [1.82, 2.24) is 4.90 Å². The number of rotatable bonds is 6. The molecule has 4 N–H and O–H groups in total. The monoisotopic (exact) mass is 251 g/mol. The Hall–Kier alpha value is -2.16. The molecule has 0 aliphatic rings. The van der Waals surface area contributed by atoms with Crippen molar-refractivity contribution >= 4 is 23.9 Å². The van der Waals surface area contributed by atoms with Crippen LogP contribution in [0.4, 0.5) is 0 Å². The van der Waals surface area contributed by atoms with Crippen LogP contribution in [0.15, 0.2) is 0 Å². The molecule has 0 bridgehead atoms. The Balaban J connectivity index is 0. The molecule has 0 aliphatic heterocycles. The van der Waals surface area contributed by atoms with Gasteiger partial charge in [-0.25, -0.2) is 0 Å². The van der Waals surface area contributed by atoms with Gasteiger partial charge in [-0.15, -0.1) is 0 Å². The summed E-state index contributed by atoms with van der Waals surface area (Å²) in [6.45, 7) is -0.713. The van der Waals surface area contributed by atoms with Crippen molar-refractivity contribution < 1.29 is 39.6 Å². The highest BCUT2D eigenvalue weighted by atomic mass is 16.4. The number of nitrogens with zero attached hydrogens (tertiary/aromatic N) is 1. The van der Waals surface area contributed by atoms with Crippen LogP contribution in [0.25, 0.3) is 0 Å². The molecule has 9 heteroatoms. The van der Waals surface area contributed by atoms with E-state index in [0.29, 0.717) is 0 Å². The van der Waals surface area contributed by atoms with Crippen LogP contribution in [-0.2, 0) is 19.2 Å². The molecule has 0 saturated heterocycles. The van der Waals surface area contributed by atoms with Gasteiger partial charge in [0.1, 0.15) is 0 Å². The fraction of sp³-hybridized carbons (Fsp3) is 0.500. The lowest BCUT2D eigenvalue weighted by atomic mass is 10.4. The zero-order valence-corrected chi connectivity index (χ0v) is 8.99. The van der Waals surface area contributed by atoms with Crippen LogP contribution in [-0.4, -0.2) is 68.8 Å². The average Bonchev–Trinajstić information content (AvgIpc) is 1.96. The van der Waals surface area contributed by atoms with E-state index >= 15 is 0 Å². The molecule has 17 heavy (non-hydrogen) atoms. The number of aliphatic carboxylic acids is 4. The summed E-state index contributed by atoms with van der Waals surface area (Å²) in [4.78, 5) is 40.2. The third kappa shape index (κ3) is 20.0. The summed E-state index contributed by atoms with van der Waals surface area (Å²) in [5.74, 6) is -4.62. The summed E-state index contributed by atoms with van der Waals surface area (Å²) in [5.41, 5.74) is 0. The Labute approximate surface area is 95.9 Å². The topological polar surface area (TPSA) is 152 Å². The van der Waals surface area contributed by atoms with Crippen molar-refractivity contribution in [3.8, 4) is 0 Å². The summed E-state index contributed by atoms with van der Waals surface area (Å²) in [7, 11) is 0. The number of hydrogen-bond acceptors (Lipinski definition) is 5. The molecular weight excluding hydrogens is 238 g/mol. The van der Waals surface area contributed by atoms with Gasteiger partial charge in [-0.3, -0.25) is 24.1 Å². The van der Waals surface area contributed by atoms with E-state index in [0.717, 1.165) is 11.8 Å². The maximum Gasteiger partial charge on any atom is 0.317 e. The maximum absolute atomic E-state index is 10.1. The standard InChI is InChI=1S/C6H9NO6.C2H4O2/c8-4(9)1-7(2-5(10)11)3-6(12)13;1-2(3)4/h1-3H2,(H,8,9)(H,10,11)(H,12,13);1H3,(H,3,4). The van der Waals surface area contributed by atoms with Gasteiger partial charge in [-0.1, -0.05) is 0 Å².